The van der Waals surface area contributed by atoms with E-state index in [1.807, 2.05) is 18.2 Å². The van der Waals surface area contributed by atoms with Crippen molar-refractivity contribution in [2.75, 3.05) is 6.54 Å². The van der Waals surface area contributed by atoms with Crippen LogP contribution in [-0.4, -0.2) is 6.54 Å². The first-order chi connectivity index (χ1) is 6.24. The van der Waals surface area contributed by atoms with E-state index in [0.29, 0.717) is 12.1 Å². The van der Waals surface area contributed by atoms with E-state index >= 15 is 0 Å². The average molecular weight is 179 g/mol. The quantitative estimate of drug-likeness (QED) is 0.758. The summed E-state index contributed by atoms with van der Waals surface area (Å²) in [4.78, 5) is 0. The molecule has 0 atom stereocenters. The normalized spacial score (nSPS) is 11.0. The molecular weight excluding hydrogens is 165 g/mol. The van der Waals surface area contributed by atoms with Crippen LogP contribution in [0, 0.1) is 12.7 Å². The molecule has 1 rings (SSSR count). The summed E-state index contributed by atoms with van der Waals surface area (Å²) in [5.41, 5.74) is 7.03. The molecular formula is C11H14FN. The van der Waals surface area contributed by atoms with Gasteiger partial charge < -0.3 is 5.73 Å². The Bertz CT molecular complexity index is 305. The largest absolute Gasteiger partial charge is 0.330 e. The van der Waals surface area contributed by atoms with Crippen LogP contribution in [0.25, 0.3) is 6.08 Å². The molecule has 0 saturated carbocycles. The summed E-state index contributed by atoms with van der Waals surface area (Å²) < 4.78 is 12.8. The second-order valence-corrected chi connectivity index (χ2v) is 2.99. The molecule has 1 aromatic rings. The minimum absolute atomic E-state index is 0.157. The summed E-state index contributed by atoms with van der Waals surface area (Å²) in [6.07, 6.45) is 4.81. The van der Waals surface area contributed by atoms with Gasteiger partial charge in [0.2, 0.25) is 0 Å². The Balaban J connectivity index is 2.73. The molecule has 0 bridgehead atoms. The first-order valence-corrected chi connectivity index (χ1v) is 4.37. The van der Waals surface area contributed by atoms with Crippen molar-refractivity contribution in [3.05, 3.63) is 41.2 Å². The third-order valence-electron chi connectivity index (χ3n) is 1.83. The number of nitrogens with two attached hydrogens (primary N) is 1. The smallest absolute Gasteiger partial charge is 0.126 e. The van der Waals surface area contributed by atoms with Gasteiger partial charge in [0.25, 0.3) is 0 Å². The monoisotopic (exact) mass is 179 g/mol. The molecule has 0 aliphatic heterocycles. The molecule has 2 heteroatoms. The standard InChI is InChI=1S/C11H14FN/c1-9-8-10(4-2-3-7-13)5-6-11(9)12/h2,4-6,8H,3,7,13H2,1H3. The second kappa shape index (κ2) is 4.77. The fourth-order valence-electron chi connectivity index (χ4n) is 1.09. The third kappa shape index (κ3) is 2.99. The first kappa shape index (κ1) is 9.93. The molecule has 0 aliphatic rings. The topological polar surface area (TPSA) is 26.0 Å². The fourth-order valence-corrected chi connectivity index (χ4v) is 1.09. The predicted octanol–water partition coefficient (Wildman–Crippen LogP) is 2.50. The van der Waals surface area contributed by atoms with Gasteiger partial charge in [-0.25, -0.2) is 4.39 Å². The van der Waals surface area contributed by atoms with Crippen LogP contribution in [0.4, 0.5) is 4.39 Å². The van der Waals surface area contributed by atoms with Crippen molar-refractivity contribution in [1.29, 1.82) is 0 Å². The Morgan fingerprint density at radius 2 is 2.23 bits per heavy atom. The van der Waals surface area contributed by atoms with E-state index in [-0.39, 0.29) is 5.82 Å². The molecule has 0 heterocycles. The number of hydrogen-bond donors (Lipinski definition) is 1. The van der Waals surface area contributed by atoms with Gasteiger partial charge in [0.1, 0.15) is 5.82 Å². The molecule has 2 N–H and O–H groups in total. The molecule has 0 spiro atoms. The van der Waals surface area contributed by atoms with Crippen molar-refractivity contribution in [2.45, 2.75) is 13.3 Å². The molecule has 1 aromatic carbocycles. The molecule has 0 amide bonds. The van der Waals surface area contributed by atoms with Crippen LogP contribution in [-0.2, 0) is 0 Å². The number of aryl methyl sites for hydroxylation is 1. The van der Waals surface area contributed by atoms with Crippen LogP contribution < -0.4 is 5.73 Å². The summed E-state index contributed by atoms with van der Waals surface area (Å²) in [5.74, 6) is -0.157. The van der Waals surface area contributed by atoms with Crippen molar-refractivity contribution >= 4 is 6.08 Å². The minimum atomic E-state index is -0.157. The molecule has 0 saturated heterocycles. The molecule has 13 heavy (non-hydrogen) atoms. The third-order valence-corrected chi connectivity index (χ3v) is 1.83. The Labute approximate surface area is 78.1 Å². The maximum absolute atomic E-state index is 12.8. The highest BCUT2D eigenvalue weighted by molar-refractivity contribution is 5.50. The van der Waals surface area contributed by atoms with Crippen LogP contribution >= 0.6 is 0 Å². The van der Waals surface area contributed by atoms with E-state index in [0.717, 1.165) is 12.0 Å². The summed E-state index contributed by atoms with van der Waals surface area (Å²) in [5, 5.41) is 0. The Hall–Kier alpha value is -1.15. The maximum atomic E-state index is 12.8. The molecule has 0 fully saturated rings. The van der Waals surface area contributed by atoms with Gasteiger partial charge >= 0.3 is 0 Å². The van der Waals surface area contributed by atoms with Gasteiger partial charge in [-0.3, -0.25) is 0 Å². The van der Waals surface area contributed by atoms with Gasteiger partial charge in [0.15, 0.2) is 0 Å². The lowest BCUT2D eigenvalue weighted by Gasteiger charge is -1.97. The van der Waals surface area contributed by atoms with E-state index in [2.05, 4.69) is 0 Å². The molecule has 0 radical (unpaired) electrons. The lowest BCUT2D eigenvalue weighted by atomic mass is 10.1. The Kier molecular flexibility index (Phi) is 3.65. The highest BCUT2D eigenvalue weighted by Gasteiger charge is 1.95. The molecule has 1 nitrogen and oxygen atoms in total. The summed E-state index contributed by atoms with van der Waals surface area (Å²) in [7, 11) is 0. The predicted molar refractivity (Wildman–Crippen MR) is 53.8 cm³/mol. The highest BCUT2D eigenvalue weighted by atomic mass is 19.1. The van der Waals surface area contributed by atoms with E-state index in [1.165, 1.54) is 6.07 Å². The van der Waals surface area contributed by atoms with Crippen molar-refractivity contribution < 1.29 is 4.39 Å². The highest BCUT2D eigenvalue weighted by Crippen LogP contribution is 2.10. The first-order valence-electron chi connectivity index (χ1n) is 4.37. The van der Waals surface area contributed by atoms with Gasteiger partial charge in [0.05, 0.1) is 0 Å². The van der Waals surface area contributed by atoms with Crippen LogP contribution in [0.1, 0.15) is 17.5 Å². The molecule has 0 unspecified atom stereocenters. The summed E-state index contributed by atoms with van der Waals surface area (Å²) >= 11 is 0. The van der Waals surface area contributed by atoms with Crippen molar-refractivity contribution in [2.24, 2.45) is 5.73 Å². The van der Waals surface area contributed by atoms with E-state index in [9.17, 15) is 4.39 Å². The Morgan fingerprint density at radius 3 is 2.85 bits per heavy atom. The van der Waals surface area contributed by atoms with Gasteiger partial charge in [-0.15, -0.1) is 0 Å². The van der Waals surface area contributed by atoms with E-state index in [1.54, 1.807) is 13.0 Å². The number of rotatable bonds is 3. The van der Waals surface area contributed by atoms with Gasteiger partial charge in [-0.1, -0.05) is 18.2 Å². The minimum Gasteiger partial charge on any atom is -0.330 e. The number of halogens is 1. The summed E-state index contributed by atoms with van der Waals surface area (Å²) in [6.45, 7) is 2.41. The lowest BCUT2D eigenvalue weighted by Crippen LogP contribution is -1.94. The van der Waals surface area contributed by atoms with E-state index in [4.69, 9.17) is 5.73 Å². The zero-order valence-corrected chi connectivity index (χ0v) is 7.76. The van der Waals surface area contributed by atoms with Crippen molar-refractivity contribution in [3.8, 4) is 0 Å². The second-order valence-electron chi connectivity index (χ2n) is 2.99. The van der Waals surface area contributed by atoms with Crippen molar-refractivity contribution in [3.63, 3.8) is 0 Å². The van der Waals surface area contributed by atoms with Crippen LogP contribution in [0.3, 0.4) is 0 Å². The zero-order valence-electron chi connectivity index (χ0n) is 7.76. The van der Waals surface area contributed by atoms with Gasteiger partial charge in [0, 0.05) is 0 Å². The van der Waals surface area contributed by atoms with Crippen molar-refractivity contribution in [1.82, 2.24) is 0 Å². The van der Waals surface area contributed by atoms with Gasteiger partial charge in [-0.05, 0) is 43.1 Å². The SMILES string of the molecule is Cc1cc(C=CCCN)ccc1F. The molecule has 0 aromatic heterocycles. The van der Waals surface area contributed by atoms with E-state index < -0.39 is 0 Å². The summed E-state index contributed by atoms with van der Waals surface area (Å²) in [6, 6.07) is 5.06. The lowest BCUT2D eigenvalue weighted by molar-refractivity contribution is 0.618. The average Bonchev–Trinajstić information content (AvgIpc) is 2.12. The molecule has 0 aliphatic carbocycles. The maximum Gasteiger partial charge on any atom is 0.126 e. The zero-order chi connectivity index (χ0) is 9.68. The Morgan fingerprint density at radius 1 is 1.46 bits per heavy atom. The van der Waals surface area contributed by atoms with Crippen LogP contribution in [0.5, 0.6) is 0 Å². The fraction of sp³-hybridized carbons (Fsp3) is 0.273. The number of hydrogen-bond acceptors (Lipinski definition) is 1. The molecule has 70 valence electrons. The van der Waals surface area contributed by atoms with Gasteiger partial charge in [-0.2, -0.15) is 0 Å². The van der Waals surface area contributed by atoms with Crippen LogP contribution in [0.2, 0.25) is 0 Å². The number of benzene rings is 1. The van der Waals surface area contributed by atoms with Crippen LogP contribution in [0.15, 0.2) is 24.3 Å².